The Morgan fingerprint density at radius 1 is 0.968 bits per heavy atom. The number of hydrogen-bond donors (Lipinski definition) is 0. The summed E-state index contributed by atoms with van der Waals surface area (Å²) < 4.78 is 12.4. The van der Waals surface area contributed by atoms with Crippen molar-refractivity contribution >= 4 is 63.4 Å². The minimum atomic E-state index is 0.402. The van der Waals surface area contributed by atoms with Crippen LogP contribution in [0.4, 0.5) is 11.4 Å². The molecule has 0 atom stereocenters. The molecule has 160 valence electrons. The maximum absolute atomic E-state index is 6.43. The van der Waals surface area contributed by atoms with Gasteiger partial charge in [-0.1, -0.05) is 35.3 Å². The van der Waals surface area contributed by atoms with Gasteiger partial charge < -0.3 is 14.4 Å². The van der Waals surface area contributed by atoms with Crippen LogP contribution in [0, 0.1) is 3.57 Å². The lowest BCUT2D eigenvalue weighted by atomic mass is 10.2. The molecule has 0 aromatic heterocycles. The second-order valence-electron chi connectivity index (χ2n) is 7.10. The number of hydrogen-bond acceptors (Lipinski definition) is 4. The molecule has 0 amide bonds. The summed E-state index contributed by atoms with van der Waals surface area (Å²) in [7, 11) is 0. The molecule has 0 radical (unpaired) electrons. The molecule has 4 rings (SSSR count). The number of anilines is 1. The first-order valence-electron chi connectivity index (χ1n) is 9.91. The summed E-state index contributed by atoms with van der Waals surface area (Å²) in [4.78, 5) is 6.86. The molecular weight excluding hydrogens is 546 g/mol. The summed E-state index contributed by atoms with van der Waals surface area (Å²) in [6, 6.07) is 19.9. The highest BCUT2D eigenvalue weighted by Gasteiger charge is 2.11. The highest BCUT2D eigenvalue weighted by Crippen LogP contribution is 2.34. The van der Waals surface area contributed by atoms with E-state index < -0.39 is 0 Å². The second kappa shape index (κ2) is 10.7. The molecule has 0 N–H and O–H groups in total. The van der Waals surface area contributed by atoms with E-state index in [2.05, 4.69) is 44.6 Å². The van der Waals surface area contributed by atoms with Crippen LogP contribution in [-0.2, 0) is 11.3 Å². The van der Waals surface area contributed by atoms with E-state index in [4.69, 9.17) is 32.7 Å². The number of ether oxygens (including phenoxy) is 2. The minimum Gasteiger partial charge on any atom is -0.486 e. The third-order valence-corrected chi connectivity index (χ3v) is 6.19. The smallest absolute Gasteiger partial charge is 0.157 e. The fourth-order valence-electron chi connectivity index (χ4n) is 3.25. The first-order valence-corrected chi connectivity index (χ1v) is 11.7. The molecule has 1 aliphatic heterocycles. The molecule has 4 nitrogen and oxygen atoms in total. The maximum Gasteiger partial charge on any atom is 0.157 e. The normalized spacial score (nSPS) is 14.2. The number of nitrogens with zero attached hydrogens (tertiary/aromatic N) is 2. The fraction of sp³-hybridized carbons (Fsp3) is 0.208. The van der Waals surface area contributed by atoms with Crippen molar-refractivity contribution in [3.05, 3.63) is 85.4 Å². The van der Waals surface area contributed by atoms with Crippen molar-refractivity contribution in [3.63, 3.8) is 0 Å². The standard InChI is InChI=1S/C24H21Cl2IN2O2/c25-22-13-18(14-23(26)24(22)31-16-17-1-3-19(27)4-2-17)15-28-20-5-7-21(8-6-20)29-9-11-30-12-10-29/h1-8,13-15H,9-12,16H2. The van der Waals surface area contributed by atoms with Gasteiger partial charge in [0.15, 0.2) is 5.75 Å². The van der Waals surface area contributed by atoms with Crippen LogP contribution >= 0.6 is 45.8 Å². The van der Waals surface area contributed by atoms with Gasteiger partial charge in [0.25, 0.3) is 0 Å². The van der Waals surface area contributed by atoms with Gasteiger partial charge in [0.2, 0.25) is 0 Å². The monoisotopic (exact) mass is 566 g/mol. The summed E-state index contributed by atoms with van der Waals surface area (Å²) in [5.74, 6) is 0.480. The maximum atomic E-state index is 6.43. The average Bonchev–Trinajstić information content (AvgIpc) is 2.79. The van der Waals surface area contributed by atoms with Crippen LogP contribution in [0.1, 0.15) is 11.1 Å². The summed E-state index contributed by atoms with van der Waals surface area (Å²) in [5.41, 5.74) is 3.92. The van der Waals surface area contributed by atoms with E-state index in [1.807, 2.05) is 48.5 Å². The van der Waals surface area contributed by atoms with Gasteiger partial charge in [-0.25, -0.2) is 0 Å². The minimum absolute atomic E-state index is 0.402. The van der Waals surface area contributed by atoms with Crippen LogP contribution in [0.25, 0.3) is 0 Å². The zero-order valence-electron chi connectivity index (χ0n) is 16.7. The largest absolute Gasteiger partial charge is 0.486 e. The molecule has 0 saturated carbocycles. The Labute approximate surface area is 205 Å². The summed E-state index contributed by atoms with van der Waals surface area (Å²) in [6.45, 7) is 3.77. The predicted octanol–water partition coefficient (Wildman–Crippen LogP) is 6.76. The van der Waals surface area contributed by atoms with E-state index in [1.165, 1.54) is 9.26 Å². The topological polar surface area (TPSA) is 34.1 Å². The number of benzene rings is 3. The molecule has 0 bridgehead atoms. The molecule has 7 heteroatoms. The Morgan fingerprint density at radius 2 is 1.61 bits per heavy atom. The second-order valence-corrected chi connectivity index (χ2v) is 9.16. The van der Waals surface area contributed by atoms with E-state index in [0.29, 0.717) is 22.4 Å². The lowest BCUT2D eigenvalue weighted by Crippen LogP contribution is -2.36. The van der Waals surface area contributed by atoms with Crippen molar-refractivity contribution < 1.29 is 9.47 Å². The Balaban J connectivity index is 1.41. The summed E-state index contributed by atoms with van der Waals surface area (Å²) in [5, 5.41) is 0.921. The molecule has 0 spiro atoms. The molecule has 0 unspecified atom stereocenters. The molecular formula is C24H21Cl2IN2O2. The van der Waals surface area contributed by atoms with Gasteiger partial charge in [-0.2, -0.15) is 0 Å². The molecule has 3 aromatic carbocycles. The van der Waals surface area contributed by atoms with Crippen molar-refractivity contribution in [3.8, 4) is 5.75 Å². The Bertz CT molecular complexity index is 1030. The SMILES string of the molecule is Clc1cc(C=Nc2ccc(N3CCOCC3)cc2)cc(Cl)c1OCc1ccc(I)cc1. The predicted molar refractivity (Wildman–Crippen MR) is 137 cm³/mol. The highest BCUT2D eigenvalue weighted by molar-refractivity contribution is 14.1. The Hall–Kier alpha value is -1.80. The van der Waals surface area contributed by atoms with E-state index >= 15 is 0 Å². The summed E-state index contributed by atoms with van der Waals surface area (Å²) in [6.07, 6.45) is 1.75. The number of morpholine rings is 1. The van der Waals surface area contributed by atoms with Crippen LogP contribution in [-0.4, -0.2) is 32.5 Å². The highest BCUT2D eigenvalue weighted by atomic mass is 127. The molecule has 1 fully saturated rings. The fourth-order valence-corrected chi connectivity index (χ4v) is 4.22. The van der Waals surface area contributed by atoms with Crippen molar-refractivity contribution in [2.75, 3.05) is 31.2 Å². The third-order valence-electron chi connectivity index (χ3n) is 4.91. The lowest BCUT2D eigenvalue weighted by Gasteiger charge is -2.28. The molecule has 1 heterocycles. The first-order chi connectivity index (χ1) is 15.1. The van der Waals surface area contributed by atoms with Crippen molar-refractivity contribution in [1.82, 2.24) is 0 Å². The van der Waals surface area contributed by atoms with E-state index in [0.717, 1.165) is 43.1 Å². The molecule has 0 aliphatic carbocycles. The zero-order chi connectivity index (χ0) is 21.6. The van der Waals surface area contributed by atoms with Crippen molar-refractivity contribution in [2.24, 2.45) is 4.99 Å². The van der Waals surface area contributed by atoms with Gasteiger partial charge >= 0.3 is 0 Å². The quantitative estimate of drug-likeness (QED) is 0.244. The van der Waals surface area contributed by atoms with Crippen molar-refractivity contribution in [2.45, 2.75) is 6.61 Å². The average molecular weight is 567 g/mol. The van der Waals surface area contributed by atoms with Crippen molar-refractivity contribution in [1.29, 1.82) is 0 Å². The third kappa shape index (κ3) is 6.13. The lowest BCUT2D eigenvalue weighted by molar-refractivity contribution is 0.122. The number of aliphatic imine (C=N–C) groups is 1. The van der Waals surface area contributed by atoms with Gasteiger partial charge in [0, 0.05) is 28.6 Å². The van der Waals surface area contributed by atoms with Crippen LogP contribution in [0.3, 0.4) is 0 Å². The number of halogens is 3. The zero-order valence-corrected chi connectivity index (χ0v) is 20.4. The van der Waals surface area contributed by atoms with Gasteiger partial charge in [0.05, 0.1) is 28.9 Å². The van der Waals surface area contributed by atoms with Crippen LogP contribution < -0.4 is 9.64 Å². The first kappa shape index (κ1) is 22.4. The van der Waals surface area contributed by atoms with E-state index in [1.54, 1.807) is 6.21 Å². The van der Waals surface area contributed by atoms with E-state index in [9.17, 15) is 0 Å². The van der Waals surface area contributed by atoms with Gasteiger partial charge in [-0.3, -0.25) is 4.99 Å². The molecule has 1 saturated heterocycles. The van der Waals surface area contributed by atoms with Crippen LogP contribution in [0.2, 0.25) is 10.0 Å². The van der Waals surface area contributed by atoms with Gasteiger partial charge in [0.1, 0.15) is 6.61 Å². The Morgan fingerprint density at radius 3 is 2.26 bits per heavy atom. The van der Waals surface area contributed by atoms with Crippen LogP contribution in [0.15, 0.2) is 65.7 Å². The van der Waals surface area contributed by atoms with Gasteiger partial charge in [-0.05, 0) is 82.2 Å². The molecule has 1 aliphatic rings. The van der Waals surface area contributed by atoms with E-state index in [-0.39, 0.29) is 0 Å². The van der Waals surface area contributed by atoms with Gasteiger partial charge in [-0.15, -0.1) is 0 Å². The number of rotatable bonds is 6. The molecule has 31 heavy (non-hydrogen) atoms. The molecule has 3 aromatic rings. The van der Waals surface area contributed by atoms with Crippen LogP contribution in [0.5, 0.6) is 5.75 Å². The summed E-state index contributed by atoms with van der Waals surface area (Å²) >= 11 is 15.1. The Kier molecular flexibility index (Phi) is 7.72.